The zero-order valence-electron chi connectivity index (χ0n) is 4.33. The van der Waals surface area contributed by atoms with Gasteiger partial charge in [0.15, 0.2) is 0 Å². The van der Waals surface area contributed by atoms with Crippen molar-refractivity contribution in [2.45, 2.75) is 5.25 Å². The lowest BCUT2D eigenvalue weighted by atomic mass is 10.4. The van der Waals surface area contributed by atoms with Crippen molar-refractivity contribution in [2.24, 2.45) is 0 Å². The summed E-state index contributed by atoms with van der Waals surface area (Å²) in [7, 11) is 0. The van der Waals surface area contributed by atoms with Crippen LogP contribution in [0.15, 0.2) is 22.8 Å². The van der Waals surface area contributed by atoms with Crippen molar-refractivity contribution in [1.82, 2.24) is 0 Å². The molecule has 1 aliphatic rings. The fourth-order valence-electron chi connectivity index (χ4n) is 0.687. The minimum Gasteiger partial charge on any atom is -0.468 e. The van der Waals surface area contributed by atoms with Gasteiger partial charge in [-0.3, -0.25) is 0 Å². The highest BCUT2D eigenvalue weighted by atomic mass is 32.2. The van der Waals surface area contributed by atoms with Crippen molar-refractivity contribution >= 4 is 11.8 Å². The van der Waals surface area contributed by atoms with E-state index in [1.165, 1.54) is 5.75 Å². The van der Waals surface area contributed by atoms with Gasteiger partial charge in [0, 0.05) is 5.75 Å². The van der Waals surface area contributed by atoms with Gasteiger partial charge in [-0.25, -0.2) is 0 Å². The Hall–Kier alpha value is -0.370. The molecule has 2 heterocycles. The van der Waals surface area contributed by atoms with E-state index in [4.69, 9.17) is 4.42 Å². The van der Waals surface area contributed by atoms with Crippen LogP contribution in [0.5, 0.6) is 0 Å². The first-order valence-electron chi connectivity index (χ1n) is 2.62. The van der Waals surface area contributed by atoms with Gasteiger partial charge in [-0.15, -0.1) is 11.8 Å². The summed E-state index contributed by atoms with van der Waals surface area (Å²) in [6.45, 7) is 0. The van der Waals surface area contributed by atoms with E-state index in [1.807, 2.05) is 23.9 Å². The maximum absolute atomic E-state index is 5.14. The molecule has 0 amide bonds. The minimum atomic E-state index is 0.685. The van der Waals surface area contributed by atoms with E-state index in [-0.39, 0.29) is 0 Å². The topological polar surface area (TPSA) is 13.1 Å². The van der Waals surface area contributed by atoms with Crippen LogP contribution in [0.2, 0.25) is 0 Å². The number of thioether (sulfide) groups is 1. The molecule has 1 atom stereocenters. The third kappa shape index (κ3) is 0.650. The van der Waals surface area contributed by atoms with Crippen LogP contribution in [0.3, 0.4) is 0 Å². The van der Waals surface area contributed by atoms with Gasteiger partial charge in [-0.2, -0.15) is 0 Å². The quantitative estimate of drug-likeness (QED) is 0.534. The minimum absolute atomic E-state index is 0.685. The Labute approximate surface area is 52.1 Å². The van der Waals surface area contributed by atoms with Crippen LogP contribution >= 0.6 is 11.8 Å². The van der Waals surface area contributed by atoms with Crippen LogP contribution in [-0.4, -0.2) is 5.75 Å². The average Bonchev–Trinajstić information content (AvgIpc) is 2.49. The first-order valence-corrected chi connectivity index (χ1v) is 3.67. The summed E-state index contributed by atoms with van der Waals surface area (Å²) >= 11 is 1.93. The van der Waals surface area contributed by atoms with Crippen molar-refractivity contribution in [1.29, 1.82) is 0 Å². The molecule has 1 saturated heterocycles. The summed E-state index contributed by atoms with van der Waals surface area (Å²) < 4.78 is 5.14. The van der Waals surface area contributed by atoms with Gasteiger partial charge in [-0.1, -0.05) is 0 Å². The summed E-state index contributed by atoms with van der Waals surface area (Å²) in [5, 5.41) is 0.685. The molecule has 2 rings (SSSR count). The van der Waals surface area contributed by atoms with E-state index >= 15 is 0 Å². The van der Waals surface area contributed by atoms with Crippen LogP contribution in [0.4, 0.5) is 0 Å². The molecule has 42 valence electrons. The molecule has 1 fully saturated rings. The van der Waals surface area contributed by atoms with Gasteiger partial charge in [0.25, 0.3) is 0 Å². The summed E-state index contributed by atoms with van der Waals surface area (Å²) in [6, 6.07) is 3.97. The van der Waals surface area contributed by atoms with Gasteiger partial charge in [0.1, 0.15) is 5.76 Å². The lowest BCUT2D eigenvalue weighted by Gasteiger charge is -1.81. The molecule has 0 aromatic carbocycles. The normalized spacial score (nSPS) is 25.8. The molecule has 1 aromatic rings. The number of hydrogen-bond donors (Lipinski definition) is 0. The zero-order valence-corrected chi connectivity index (χ0v) is 5.15. The van der Waals surface area contributed by atoms with Crippen LogP contribution in [-0.2, 0) is 0 Å². The monoisotopic (exact) mass is 126 g/mol. The van der Waals surface area contributed by atoms with Gasteiger partial charge >= 0.3 is 0 Å². The van der Waals surface area contributed by atoms with Gasteiger partial charge in [0.2, 0.25) is 0 Å². The highest BCUT2D eigenvalue weighted by Gasteiger charge is 2.26. The molecular weight excluding hydrogens is 120 g/mol. The molecule has 1 nitrogen and oxygen atoms in total. The first-order chi connectivity index (χ1) is 3.97. The fourth-order valence-corrected chi connectivity index (χ4v) is 1.25. The largest absolute Gasteiger partial charge is 0.468 e. The first kappa shape index (κ1) is 4.50. The number of hydrogen-bond acceptors (Lipinski definition) is 2. The average molecular weight is 126 g/mol. The third-order valence-electron chi connectivity index (χ3n) is 1.19. The van der Waals surface area contributed by atoms with E-state index in [2.05, 4.69) is 0 Å². The van der Waals surface area contributed by atoms with Crippen molar-refractivity contribution in [2.75, 3.05) is 5.75 Å². The van der Waals surface area contributed by atoms with E-state index in [0.29, 0.717) is 5.25 Å². The van der Waals surface area contributed by atoms with Crippen LogP contribution in [0.25, 0.3) is 0 Å². The van der Waals surface area contributed by atoms with E-state index in [9.17, 15) is 0 Å². The molecule has 0 radical (unpaired) electrons. The Kier molecular flexibility index (Phi) is 0.875. The van der Waals surface area contributed by atoms with Crippen molar-refractivity contribution < 1.29 is 4.42 Å². The summed E-state index contributed by atoms with van der Waals surface area (Å²) in [5.74, 6) is 2.38. The maximum Gasteiger partial charge on any atom is 0.117 e. The summed E-state index contributed by atoms with van der Waals surface area (Å²) in [6.07, 6.45) is 1.73. The number of furan rings is 1. The molecule has 0 N–H and O–H groups in total. The summed E-state index contributed by atoms with van der Waals surface area (Å²) in [5.41, 5.74) is 0. The molecule has 0 aliphatic carbocycles. The van der Waals surface area contributed by atoms with Crippen LogP contribution in [0, 0.1) is 0 Å². The van der Waals surface area contributed by atoms with E-state index < -0.39 is 0 Å². The lowest BCUT2D eigenvalue weighted by Crippen LogP contribution is -1.67. The Morgan fingerprint density at radius 2 is 2.62 bits per heavy atom. The molecule has 0 bridgehead atoms. The summed E-state index contributed by atoms with van der Waals surface area (Å²) in [4.78, 5) is 0. The van der Waals surface area contributed by atoms with E-state index in [0.717, 1.165) is 5.76 Å². The maximum atomic E-state index is 5.14. The second-order valence-electron chi connectivity index (χ2n) is 1.84. The zero-order chi connectivity index (χ0) is 5.40. The molecular formula is C6H6OS. The Bertz CT molecular complexity index is 165. The molecule has 1 aliphatic heterocycles. The molecule has 0 spiro atoms. The molecule has 2 heteroatoms. The predicted molar refractivity (Wildman–Crippen MR) is 33.9 cm³/mol. The van der Waals surface area contributed by atoms with Crippen molar-refractivity contribution in [3.8, 4) is 0 Å². The number of rotatable bonds is 1. The smallest absolute Gasteiger partial charge is 0.117 e. The second kappa shape index (κ2) is 1.55. The van der Waals surface area contributed by atoms with Crippen LogP contribution in [0.1, 0.15) is 11.0 Å². The Balaban J connectivity index is 2.28. The molecule has 8 heavy (non-hydrogen) atoms. The molecule has 1 unspecified atom stereocenters. The highest BCUT2D eigenvalue weighted by Crippen LogP contribution is 2.45. The van der Waals surface area contributed by atoms with Crippen molar-refractivity contribution in [3.05, 3.63) is 24.2 Å². The lowest BCUT2D eigenvalue weighted by molar-refractivity contribution is 0.521. The molecule has 1 aromatic heterocycles. The van der Waals surface area contributed by atoms with Gasteiger partial charge in [-0.05, 0) is 12.1 Å². The standard InChI is InChI=1S/C6H6OS/c1-2-5(7-3-1)6-4-8-6/h1-3,6H,4H2. The highest BCUT2D eigenvalue weighted by molar-refractivity contribution is 8.06. The predicted octanol–water partition coefficient (Wildman–Crippen LogP) is 2.07. The Morgan fingerprint density at radius 1 is 1.75 bits per heavy atom. The fraction of sp³-hybridized carbons (Fsp3) is 0.333. The Morgan fingerprint density at radius 3 is 3.12 bits per heavy atom. The van der Waals surface area contributed by atoms with Gasteiger partial charge in [0.05, 0.1) is 11.5 Å². The molecule has 0 saturated carbocycles. The van der Waals surface area contributed by atoms with Crippen molar-refractivity contribution in [3.63, 3.8) is 0 Å². The SMILES string of the molecule is c1coc(C2CS2)c1. The third-order valence-corrected chi connectivity index (χ3v) is 2.09. The van der Waals surface area contributed by atoms with E-state index in [1.54, 1.807) is 6.26 Å². The van der Waals surface area contributed by atoms with Crippen LogP contribution < -0.4 is 0 Å². The van der Waals surface area contributed by atoms with Gasteiger partial charge < -0.3 is 4.42 Å². The second-order valence-corrected chi connectivity index (χ2v) is 3.07.